The van der Waals surface area contributed by atoms with E-state index in [9.17, 15) is 5.11 Å². The Morgan fingerprint density at radius 2 is 1.79 bits per heavy atom. The highest BCUT2D eigenvalue weighted by Crippen LogP contribution is 2.70. The quantitative estimate of drug-likeness (QED) is 0.736. The Morgan fingerprint density at radius 1 is 1.21 bits per heavy atom. The van der Waals surface area contributed by atoms with Gasteiger partial charge in [0.25, 0.3) is 0 Å². The second-order valence-electron chi connectivity index (χ2n) is 6.04. The van der Waals surface area contributed by atoms with Crippen LogP contribution in [0.4, 0.5) is 0 Å². The molecule has 1 heterocycles. The van der Waals surface area contributed by atoms with Crippen molar-refractivity contribution < 1.29 is 9.84 Å². The molecule has 2 nitrogen and oxygen atoms in total. The molecule has 1 saturated carbocycles. The minimum Gasteiger partial charge on any atom is -0.392 e. The summed E-state index contributed by atoms with van der Waals surface area (Å²) in [6.45, 7) is 10.6. The summed E-state index contributed by atoms with van der Waals surface area (Å²) in [5, 5.41) is 10.3. The SMILES string of the molecule is CC1(C)C(C(O)C2CCOC2)C1(C)C. The van der Waals surface area contributed by atoms with Gasteiger partial charge in [-0.3, -0.25) is 0 Å². The van der Waals surface area contributed by atoms with Crippen LogP contribution in [0.1, 0.15) is 34.1 Å². The molecule has 82 valence electrons. The largest absolute Gasteiger partial charge is 0.392 e. The van der Waals surface area contributed by atoms with E-state index in [-0.39, 0.29) is 16.9 Å². The van der Waals surface area contributed by atoms with Crippen LogP contribution in [0.25, 0.3) is 0 Å². The number of aliphatic hydroxyl groups is 1. The van der Waals surface area contributed by atoms with E-state index in [1.165, 1.54) is 0 Å². The maximum absolute atomic E-state index is 10.3. The second kappa shape index (κ2) is 2.96. The van der Waals surface area contributed by atoms with Crippen LogP contribution in [-0.4, -0.2) is 24.4 Å². The fourth-order valence-electron chi connectivity index (χ4n) is 3.20. The molecular weight excluding hydrogens is 176 g/mol. The number of ether oxygens (including phenoxy) is 1. The summed E-state index contributed by atoms with van der Waals surface area (Å²) in [7, 11) is 0. The molecule has 1 N–H and O–H groups in total. The Morgan fingerprint density at radius 3 is 2.14 bits per heavy atom. The summed E-state index contributed by atoms with van der Waals surface area (Å²) in [6.07, 6.45) is 0.867. The Hall–Kier alpha value is -0.0800. The first-order chi connectivity index (χ1) is 6.39. The number of hydrogen-bond acceptors (Lipinski definition) is 2. The molecule has 2 fully saturated rings. The molecule has 1 saturated heterocycles. The van der Waals surface area contributed by atoms with Gasteiger partial charge in [-0.1, -0.05) is 27.7 Å². The van der Waals surface area contributed by atoms with Crippen molar-refractivity contribution in [1.29, 1.82) is 0 Å². The topological polar surface area (TPSA) is 29.5 Å². The van der Waals surface area contributed by atoms with Gasteiger partial charge in [0.1, 0.15) is 0 Å². The van der Waals surface area contributed by atoms with Gasteiger partial charge < -0.3 is 9.84 Å². The predicted octanol–water partition coefficient (Wildman–Crippen LogP) is 2.07. The summed E-state index contributed by atoms with van der Waals surface area (Å²) < 4.78 is 5.33. The van der Waals surface area contributed by atoms with Crippen LogP contribution in [0, 0.1) is 22.7 Å². The lowest BCUT2D eigenvalue weighted by Gasteiger charge is -2.18. The first-order valence-corrected chi connectivity index (χ1v) is 5.65. The molecule has 0 aromatic heterocycles. The van der Waals surface area contributed by atoms with Crippen molar-refractivity contribution >= 4 is 0 Å². The van der Waals surface area contributed by atoms with Crippen LogP contribution in [0.2, 0.25) is 0 Å². The summed E-state index contributed by atoms with van der Waals surface area (Å²) in [4.78, 5) is 0. The van der Waals surface area contributed by atoms with Crippen LogP contribution in [0.15, 0.2) is 0 Å². The highest BCUT2D eigenvalue weighted by atomic mass is 16.5. The van der Waals surface area contributed by atoms with Crippen LogP contribution in [-0.2, 0) is 4.74 Å². The fourth-order valence-corrected chi connectivity index (χ4v) is 3.20. The smallest absolute Gasteiger partial charge is 0.0630 e. The van der Waals surface area contributed by atoms with E-state index in [4.69, 9.17) is 4.74 Å². The zero-order chi connectivity index (χ0) is 10.6. The van der Waals surface area contributed by atoms with E-state index in [2.05, 4.69) is 27.7 Å². The Labute approximate surface area is 86.6 Å². The Balaban J connectivity index is 2.03. The lowest BCUT2D eigenvalue weighted by molar-refractivity contribution is 0.0592. The van der Waals surface area contributed by atoms with Gasteiger partial charge in [0.2, 0.25) is 0 Å². The lowest BCUT2D eigenvalue weighted by Crippen LogP contribution is -2.25. The van der Waals surface area contributed by atoms with Gasteiger partial charge in [-0.15, -0.1) is 0 Å². The molecule has 2 aliphatic rings. The summed E-state index contributed by atoms with van der Waals surface area (Å²) in [6, 6.07) is 0. The molecule has 0 aromatic carbocycles. The highest BCUT2D eigenvalue weighted by Gasteiger charge is 2.67. The highest BCUT2D eigenvalue weighted by molar-refractivity contribution is 5.15. The average molecular weight is 198 g/mol. The van der Waals surface area contributed by atoms with Crippen LogP contribution < -0.4 is 0 Å². The van der Waals surface area contributed by atoms with Gasteiger partial charge in [-0.05, 0) is 23.2 Å². The molecule has 0 aromatic rings. The summed E-state index contributed by atoms with van der Waals surface area (Å²) >= 11 is 0. The lowest BCUT2D eigenvalue weighted by atomic mass is 9.93. The third kappa shape index (κ3) is 1.24. The third-order valence-corrected chi connectivity index (χ3v) is 4.92. The number of rotatable bonds is 2. The Kier molecular flexibility index (Phi) is 2.20. The van der Waals surface area contributed by atoms with Crippen molar-refractivity contribution in [3.8, 4) is 0 Å². The van der Waals surface area contributed by atoms with Crippen molar-refractivity contribution in [3.63, 3.8) is 0 Å². The average Bonchev–Trinajstić information content (AvgIpc) is 2.53. The first-order valence-electron chi connectivity index (χ1n) is 5.65. The fraction of sp³-hybridized carbons (Fsp3) is 1.00. The van der Waals surface area contributed by atoms with Gasteiger partial charge >= 0.3 is 0 Å². The first kappa shape index (κ1) is 10.4. The van der Waals surface area contributed by atoms with Crippen LogP contribution in [0.5, 0.6) is 0 Å². The van der Waals surface area contributed by atoms with Crippen LogP contribution >= 0.6 is 0 Å². The van der Waals surface area contributed by atoms with E-state index in [1.54, 1.807) is 0 Å². The molecule has 1 aliphatic carbocycles. The molecule has 2 heteroatoms. The molecule has 2 unspecified atom stereocenters. The summed E-state index contributed by atoms with van der Waals surface area (Å²) in [5.41, 5.74) is 0.573. The molecule has 0 bridgehead atoms. The van der Waals surface area contributed by atoms with E-state index in [0.29, 0.717) is 11.8 Å². The van der Waals surface area contributed by atoms with Crippen molar-refractivity contribution in [1.82, 2.24) is 0 Å². The molecule has 0 radical (unpaired) electrons. The van der Waals surface area contributed by atoms with Crippen LogP contribution in [0.3, 0.4) is 0 Å². The van der Waals surface area contributed by atoms with Crippen molar-refractivity contribution in [2.75, 3.05) is 13.2 Å². The zero-order valence-corrected chi connectivity index (χ0v) is 9.71. The van der Waals surface area contributed by atoms with Gasteiger partial charge in [0.05, 0.1) is 12.7 Å². The van der Waals surface area contributed by atoms with Crippen molar-refractivity contribution in [2.24, 2.45) is 22.7 Å². The van der Waals surface area contributed by atoms with Gasteiger partial charge in [-0.25, -0.2) is 0 Å². The minimum atomic E-state index is -0.164. The standard InChI is InChI=1S/C12H22O2/c1-11(2)10(12(11,3)4)9(13)8-5-6-14-7-8/h8-10,13H,5-7H2,1-4H3. The molecule has 2 atom stereocenters. The normalized spacial score (nSPS) is 37.1. The molecule has 14 heavy (non-hydrogen) atoms. The third-order valence-electron chi connectivity index (χ3n) is 4.92. The van der Waals surface area contributed by atoms with Gasteiger partial charge in [0, 0.05) is 12.5 Å². The van der Waals surface area contributed by atoms with Crippen molar-refractivity contribution in [3.05, 3.63) is 0 Å². The minimum absolute atomic E-state index is 0.164. The second-order valence-corrected chi connectivity index (χ2v) is 6.04. The van der Waals surface area contributed by atoms with E-state index in [1.807, 2.05) is 0 Å². The number of aliphatic hydroxyl groups excluding tert-OH is 1. The van der Waals surface area contributed by atoms with E-state index in [0.717, 1.165) is 19.6 Å². The molecule has 2 rings (SSSR count). The van der Waals surface area contributed by atoms with E-state index < -0.39 is 0 Å². The van der Waals surface area contributed by atoms with Gasteiger partial charge in [0.15, 0.2) is 0 Å². The summed E-state index contributed by atoms with van der Waals surface area (Å²) in [5.74, 6) is 0.822. The maximum atomic E-state index is 10.3. The number of hydrogen-bond donors (Lipinski definition) is 1. The molecule has 1 aliphatic heterocycles. The van der Waals surface area contributed by atoms with Gasteiger partial charge in [-0.2, -0.15) is 0 Å². The maximum Gasteiger partial charge on any atom is 0.0630 e. The predicted molar refractivity (Wildman–Crippen MR) is 56.0 cm³/mol. The molecule has 0 amide bonds. The van der Waals surface area contributed by atoms with E-state index >= 15 is 0 Å². The molecule has 0 spiro atoms. The molecular formula is C12H22O2. The Bertz CT molecular complexity index is 212. The monoisotopic (exact) mass is 198 g/mol. The van der Waals surface area contributed by atoms with Crippen molar-refractivity contribution in [2.45, 2.75) is 40.2 Å². The zero-order valence-electron chi connectivity index (χ0n) is 9.71.